The van der Waals surface area contributed by atoms with Crippen LogP contribution in [-0.2, 0) is 4.79 Å². The van der Waals surface area contributed by atoms with Crippen LogP contribution in [0.2, 0.25) is 0 Å². The number of carbonyl (C=O) groups excluding carboxylic acids is 1. The lowest BCUT2D eigenvalue weighted by molar-refractivity contribution is -0.121. The fraction of sp³-hybridized carbons (Fsp3) is 0.667. The maximum atomic E-state index is 11.9. The second-order valence-electron chi connectivity index (χ2n) is 5.87. The fourth-order valence-electron chi connectivity index (χ4n) is 1.88. The second-order valence-corrected chi connectivity index (χ2v) is 5.87. The Balaban J connectivity index is 2.92. The van der Waals surface area contributed by atoms with Gasteiger partial charge in [0.1, 0.15) is 0 Å². The summed E-state index contributed by atoms with van der Waals surface area (Å²) in [6.45, 7) is 8.15. The molecule has 1 unspecified atom stereocenters. The molecule has 96 valence electrons. The Bertz CT molecular complexity index is 337. The average molecular weight is 236 g/mol. The zero-order valence-corrected chi connectivity index (χ0v) is 11.4. The summed E-state index contributed by atoms with van der Waals surface area (Å²) in [6.07, 6.45) is 7.77. The largest absolute Gasteiger partial charge is 0.392 e. The van der Waals surface area contributed by atoms with E-state index in [1.54, 1.807) is 13.0 Å². The molecule has 0 radical (unpaired) electrons. The first kappa shape index (κ1) is 14.2. The van der Waals surface area contributed by atoms with Crippen LogP contribution < -0.4 is 0 Å². The fourth-order valence-corrected chi connectivity index (χ4v) is 1.88. The first-order valence-corrected chi connectivity index (χ1v) is 6.38. The molecule has 0 aromatic heterocycles. The lowest BCUT2D eigenvalue weighted by Gasteiger charge is -2.18. The van der Waals surface area contributed by atoms with E-state index >= 15 is 0 Å². The van der Waals surface area contributed by atoms with Crippen LogP contribution >= 0.6 is 0 Å². The molecule has 1 aliphatic carbocycles. The van der Waals surface area contributed by atoms with Gasteiger partial charge in [0.15, 0.2) is 5.78 Å². The van der Waals surface area contributed by atoms with E-state index in [0.29, 0.717) is 6.42 Å². The molecule has 1 rings (SSSR count). The van der Waals surface area contributed by atoms with E-state index in [4.69, 9.17) is 0 Å². The first-order chi connectivity index (χ1) is 7.82. The molecular weight excluding hydrogens is 212 g/mol. The van der Waals surface area contributed by atoms with Gasteiger partial charge in [-0.1, -0.05) is 38.5 Å². The maximum Gasteiger partial charge on any atom is 0.160 e. The minimum atomic E-state index is -0.531. The number of rotatable bonds is 0. The third-order valence-electron chi connectivity index (χ3n) is 3.54. The summed E-state index contributed by atoms with van der Waals surface area (Å²) in [4.78, 5) is 11.9. The van der Waals surface area contributed by atoms with Crippen molar-refractivity contribution in [3.63, 3.8) is 0 Å². The Labute approximate surface area is 104 Å². The Morgan fingerprint density at radius 3 is 2.71 bits per heavy atom. The first-order valence-electron chi connectivity index (χ1n) is 6.38. The van der Waals surface area contributed by atoms with Crippen LogP contribution in [0.15, 0.2) is 23.8 Å². The number of hydrogen-bond acceptors (Lipinski definition) is 2. The molecule has 0 spiro atoms. The molecule has 2 nitrogen and oxygen atoms in total. The monoisotopic (exact) mass is 236 g/mol. The van der Waals surface area contributed by atoms with E-state index in [-0.39, 0.29) is 17.1 Å². The van der Waals surface area contributed by atoms with Crippen molar-refractivity contribution in [2.24, 2.45) is 11.3 Å². The smallest absolute Gasteiger partial charge is 0.160 e. The van der Waals surface area contributed by atoms with E-state index in [1.165, 1.54) is 5.57 Å². The highest BCUT2D eigenvalue weighted by Crippen LogP contribution is 2.26. The van der Waals surface area contributed by atoms with Crippen LogP contribution in [0.5, 0.6) is 0 Å². The van der Waals surface area contributed by atoms with Crippen molar-refractivity contribution in [2.75, 3.05) is 0 Å². The number of aliphatic hydroxyl groups is 1. The van der Waals surface area contributed by atoms with Crippen LogP contribution in [0.4, 0.5) is 0 Å². The van der Waals surface area contributed by atoms with Gasteiger partial charge in [-0.3, -0.25) is 4.79 Å². The molecule has 0 fully saturated rings. The molecule has 0 saturated heterocycles. The van der Waals surface area contributed by atoms with E-state index in [9.17, 15) is 9.90 Å². The highest BCUT2D eigenvalue weighted by molar-refractivity contribution is 5.91. The van der Waals surface area contributed by atoms with Gasteiger partial charge in [0.05, 0.1) is 6.10 Å². The lowest BCUT2D eigenvalue weighted by atomic mass is 9.87. The topological polar surface area (TPSA) is 37.3 Å². The number of aliphatic hydroxyl groups excluding tert-OH is 1. The van der Waals surface area contributed by atoms with Crippen LogP contribution in [0, 0.1) is 11.3 Å². The minimum Gasteiger partial charge on any atom is -0.392 e. The van der Waals surface area contributed by atoms with Crippen molar-refractivity contribution >= 4 is 5.78 Å². The standard InChI is InChI=1S/C15H24O2/c1-11-5-6-13(16)12(2)14(17)8-10-15(3,4)9-7-11/h7-8,10,12-13,16H,5-6,9H2,1-4H3/b10-8+,11-7+/t12-,13?/m1/s1. The molecule has 0 aromatic carbocycles. The van der Waals surface area contributed by atoms with Crippen LogP contribution in [0.25, 0.3) is 0 Å². The van der Waals surface area contributed by atoms with Crippen molar-refractivity contribution in [3.05, 3.63) is 23.8 Å². The second kappa shape index (κ2) is 5.63. The SMILES string of the molecule is C/C1=C\CC(C)(C)/C=C/C(=O)[C@H](C)C(O)CC1. The van der Waals surface area contributed by atoms with Crippen molar-refractivity contribution in [1.29, 1.82) is 0 Å². The van der Waals surface area contributed by atoms with Crippen molar-refractivity contribution in [1.82, 2.24) is 0 Å². The number of hydrogen-bond donors (Lipinski definition) is 1. The normalized spacial score (nSPS) is 35.6. The highest BCUT2D eigenvalue weighted by Gasteiger charge is 2.22. The molecule has 2 heteroatoms. The predicted octanol–water partition coefficient (Wildman–Crippen LogP) is 3.27. The third-order valence-corrected chi connectivity index (χ3v) is 3.54. The van der Waals surface area contributed by atoms with Gasteiger partial charge in [-0.25, -0.2) is 0 Å². The molecule has 0 heterocycles. The summed E-state index contributed by atoms with van der Waals surface area (Å²) >= 11 is 0. The van der Waals surface area contributed by atoms with Crippen molar-refractivity contribution < 1.29 is 9.90 Å². The zero-order valence-electron chi connectivity index (χ0n) is 11.4. The van der Waals surface area contributed by atoms with Crippen molar-refractivity contribution in [3.8, 4) is 0 Å². The quantitative estimate of drug-likeness (QED) is 0.655. The predicted molar refractivity (Wildman–Crippen MR) is 70.7 cm³/mol. The van der Waals surface area contributed by atoms with Gasteiger partial charge in [0.2, 0.25) is 0 Å². The van der Waals surface area contributed by atoms with Gasteiger partial charge < -0.3 is 5.11 Å². The summed E-state index contributed by atoms with van der Waals surface area (Å²) in [6, 6.07) is 0. The van der Waals surface area contributed by atoms with Crippen LogP contribution in [-0.4, -0.2) is 17.0 Å². The molecule has 17 heavy (non-hydrogen) atoms. The number of ketones is 1. The summed E-state index contributed by atoms with van der Waals surface area (Å²) in [5.74, 6) is -0.266. The maximum absolute atomic E-state index is 11.9. The van der Waals surface area contributed by atoms with Gasteiger partial charge in [0.25, 0.3) is 0 Å². The lowest BCUT2D eigenvalue weighted by Crippen LogP contribution is -2.24. The molecule has 0 aliphatic heterocycles. The average Bonchev–Trinajstić information content (AvgIpc) is 2.29. The Morgan fingerprint density at radius 2 is 2.06 bits per heavy atom. The van der Waals surface area contributed by atoms with Gasteiger partial charge in [0, 0.05) is 5.92 Å². The van der Waals surface area contributed by atoms with Gasteiger partial charge in [-0.05, 0) is 37.7 Å². The molecule has 0 aromatic rings. The zero-order chi connectivity index (χ0) is 13.1. The van der Waals surface area contributed by atoms with Gasteiger partial charge >= 0.3 is 0 Å². The molecular formula is C15H24O2. The number of carbonyl (C=O) groups is 1. The van der Waals surface area contributed by atoms with E-state index in [2.05, 4.69) is 26.8 Å². The van der Waals surface area contributed by atoms with Gasteiger partial charge in [-0.2, -0.15) is 0 Å². The van der Waals surface area contributed by atoms with E-state index in [0.717, 1.165) is 12.8 Å². The molecule has 1 aliphatic rings. The van der Waals surface area contributed by atoms with Crippen LogP contribution in [0.3, 0.4) is 0 Å². The van der Waals surface area contributed by atoms with E-state index in [1.807, 2.05) is 6.08 Å². The number of allylic oxidation sites excluding steroid dienone is 4. The summed E-state index contributed by atoms with van der Waals surface area (Å²) in [7, 11) is 0. The molecule has 1 N–H and O–H groups in total. The van der Waals surface area contributed by atoms with Crippen molar-refractivity contribution in [2.45, 2.75) is 53.1 Å². The van der Waals surface area contributed by atoms with Gasteiger partial charge in [-0.15, -0.1) is 0 Å². The highest BCUT2D eigenvalue weighted by atomic mass is 16.3. The summed E-state index contributed by atoms with van der Waals surface area (Å²) in [5.41, 5.74) is 1.30. The summed E-state index contributed by atoms with van der Waals surface area (Å²) in [5, 5.41) is 9.93. The molecule has 0 saturated carbocycles. The Morgan fingerprint density at radius 1 is 1.41 bits per heavy atom. The summed E-state index contributed by atoms with van der Waals surface area (Å²) < 4.78 is 0. The third kappa shape index (κ3) is 4.47. The molecule has 0 amide bonds. The molecule has 0 bridgehead atoms. The van der Waals surface area contributed by atoms with E-state index < -0.39 is 6.10 Å². The minimum absolute atomic E-state index is 0.00589. The Kier molecular flexibility index (Phi) is 4.70. The molecule has 2 atom stereocenters. The van der Waals surface area contributed by atoms with Crippen LogP contribution in [0.1, 0.15) is 47.0 Å². The Hall–Kier alpha value is -0.890.